The fourth-order valence-corrected chi connectivity index (χ4v) is 5.53. The third kappa shape index (κ3) is 5.42. The molecule has 0 bridgehead atoms. The summed E-state index contributed by atoms with van der Waals surface area (Å²) in [7, 11) is 0. The van der Waals surface area contributed by atoms with Gasteiger partial charge in [-0.15, -0.1) is 11.3 Å². The number of rotatable bonds is 6. The summed E-state index contributed by atoms with van der Waals surface area (Å²) in [6.07, 6.45) is -1.03. The Morgan fingerprint density at radius 3 is 2.64 bits per heavy atom. The fraction of sp³-hybridized carbons (Fsp3) is 0.609. The number of nitrogens with zero attached hydrogens (tertiary/aromatic N) is 3. The molecule has 1 aliphatic heterocycles. The highest BCUT2D eigenvalue weighted by molar-refractivity contribution is 7.09. The number of amides is 1. The highest BCUT2D eigenvalue weighted by atomic mass is 32.1. The Labute approximate surface area is 194 Å². The smallest absolute Gasteiger partial charge is 0.435 e. The van der Waals surface area contributed by atoms with Crippen molar-refractivity contribution < 1.29 is 27.5 Å². The minimum atomic E-state index is -4.52. The van der Waals surface area contributed by atoms with Gasteiger partial charge in [-0.1, -0.05) is 6.07 Å². The molecule has 1 aliphatic carbocycles. The molecule has 2 aromatic rings. The average molecular weight is 484 g/mol. The molecule has 180 valence electrons. The molecule has 4 rings (SSSR count). The lowest BCUT2D eigenvalue weighted by atomic mass is 9.80. The number of carbonyl (C=O) groups is 2. The summed E-state index contributed by atoms with van der Waals surface area (Å²) in [4.78, 5) is 27.5. The van der Waals surface area contributed by atoms with Crippen molar-refractivity contribution in [2.24, 2.45) is 11.8 Å². The predicted octanol–water partition coefficient (Wildman–Crippen LogP) is 4.66. The quantitative estimate of drug-likeness (QED) is 0.561. The number of hydrogen-bond acceptors (Lipinski definition) is 5. The van der Waals surface area contributed by atoms with Crippen molar-refractivity contribution in [1.29, 1.82) is 0 Å². The topological polar surface area (TPSA) is 64.4 Å². The number of aromatic nitrogens is 2. The van der Waals surface area contributed by atoms with Crippen LogP contribution in [0.1, 0.15) is 60.9 Å². The Hall–Kier alpha value is -2.36. The van der Waals surface area contributed by atoms with Crippen molar-refractivity contribution in [3.05, 3.63) is 39.3 Å². The molecule has 0 atom stereocenters. The summed E-state index contributed by atoms with van der Waals surface area (Å²) in [5.41, 5.74) is -0.155. The normalized spacial score (nSPS) is 21.0. The fourth-order valence-electron chi connectivity index (χ4n) is 4.84. The van der Waals surface area contributed by atoms with Crippen LogP contribution in [0.5, 0.6) is 0 Å². The van der Waals surface area contributed by atoms with Gasteiger partial charge < -0.3 is 9.64 Å². The number of hydrogen-bond donors (Lipinski definition) is 0. The van der Waals surface area contributed by atoms with E-state index < -0.39 is 11.9 Å². The lowest BCUT2D eigenvalue weighted by Gasteiger charge is -2.31. The Balaban J connectivity index is 1.42. The van der Waals surface area contributed by atoms with Gasteiger partial charge in [-0.05, 0) is 56.4 Å². The van der Waals surface area contributed by atoms with Gasteiger partial charge in [0.05, 0.1) is 31.3 Å². The van der Waals surface area contributed by atoms with Gasteiger partial charge in [-0.25, -0.2) is 0 Å². The maximum absolute atomic E-state index is 13.6. The van der Waals surface area contributed by atoms with E-state index in [1.54, 1.807) is 11.8 Å². The van der Waals surface area contributed by atoms with Crippen LogP contribution >= 0.6 is 11.3 Å². The van der Waals surface area contributed by atoms with Crippen molar-refractivity contribution in [3.8, 4) is 0 Å². The summed E-state index contributed by atoms with van der Waals surface area (Å²) in [5.74, 6) is -0.115. The largest absolute Gasteiger partial charge is 0.466 e. The van der Waals surface area contributed by atoms with Crippen LogP contribution in [0.4, 0.5) is 13.2 Å². The van der Waals surface area contributed by atoms with Gasteiger partial charge in [0.1, 0.15) is 0 Å². The van der Waals surface area contributed by atoms with E-state index in [0.717, 1.165) is 17.7 Å². The molecule has 0 unspecified atom stereocenters. The minimum Gasteiger partial charge on any atom is -0.466 e. The number of halogens is 3. The van der Waals surface area contributed by atoms with Crippen LogP contribution in [-0.4, -0.2) is 39.7 Å². The molecule has 3 heterocycles. The van der Waals surface area contributed by atoms with E-state index in [1.807, 2.05) is 17.5 Å². The first kappa shape index (κ1) is 23.8. The van der Waals surface area contributed by atoms with Crippen molar-refractivity contribution in [2.45, 2.75) is 64.7 Å². The van der Waals surface area contributed by atoms with Gasteiger partial charge in [0.2, 0.25) is 5.91 Å². The molecule has 0 saturated heterocycles. The molecule has 10 heteroatoms. The van der Waals surface area contributed by atoms with Crippen LogP contribution in [0.25, 0.3) is 0 Å². The van der Waals surface area contributed by atoms with Crippen molar-refractivity contribution >= 4 is 23.2 Å². The monoisotopic (exact) mass is 483 g/mol. The zero-order valence-corrected chi connectivity index (χ0v) is 19.4. The van der Waals surface area contributed by atoms with Crippen molar-refractivity contribution in [1.82, 2.24) is 14.7 Å². The molecular formula is C23H28F3N3O3S. The number of ether oxygens (including phenoxy) is 1. The van der Waals surface area contributed by atoms with E-state index in [0.29, 0.717) is 31.6 Å². The Morgan fingerprint density at radius 2 is 2.00 bits per heavy atom. The first-order valence-electron chi connectivity index (χ1n) is 11.4. The van der Waals surface area contributed by atoms with Crippen LogP contribution in [0.3, 0.4) is 0 Å². The van der Waals surface area contributed by atoms with Crippen molar-refractivity contribution in [2.75, 3.05) is 13.2 Å². The average Bonchev–Trinajstić information content (AvgIpc) is 3.42. The van der Waals surface area contributed by atoms with Crippen molar-refractivity contribution in [3.63, 3.8) is 0 Å². The molecule has 33 heavy (non-hydrogen) atoms. The number of carbonyl (C=O) groups excluding carboxylic acids is 2. The van der Waals surface area contributed by atoms with Crippen LogP contribution < -0.4 is 0 Å². The summed E-state index contributed by atoms with van der Waals surface area (Å²) in [5, 5.41) is 5.78. The Morgan fingerprint density at radius 1 is 1.24 bits per heavy atom. The molecule has 0 spiro atoms. The van der Waals surface area contributed by atoms with Gasteiger partial charge >= 0.3 is 12.1 Å². The second kappa shape index (κ2) is 9.87. The van der Waals surface area contributed by atoms with E-state index in [4.69, 9.17) is 4.74 Å². The summed E-state index contributed by atoms with van der Waals surface area (Å²) in [6, 6.07) is 3.72. The van der Waals surface area contributed by atoms with E-state index in [1.165, 1.54) is 16.0 Å². The molecule has 0 N–H and O–H groups in total. The van der Waals surface area contributed by atoms with Gasteiger partial charge in [0.25, 0.3) is 0 Å². The van der Waals surface area contributed by atoms with E-state index >= 15 is 0 Å². The molecule has 0 aromatic carbocycles. The zero-order chi connectivity index (χ0) is 23.6. The molecule has 0 radical (unpaired) electrons. The molecule has 2 aromatic heterocycles. The standard InChI is InChI=1S/C23H28F3N3O3S/c1-2-32-22(31)16-7-5-15(6-8-16)12-20(30)28-10-9-18-19(14-28)29(13-17-4-3-11-33-17)27-21(18)23(24,25)26/h3-4,11,15-16H,2,5-10,12-14H2,1H3/t15-,16-. The molecule has 6 nitrogen and oxygen atoms in total. The predicted molar refractivity (Wildman–Crippen MR) is 116 cm³/mol. The number of alkyl halides is 3. The maximum atomic E-state index is 13.6. The zero-order valence-electron chi connectivity index (χ0n) is 18.6. The molecular weight excluding hydrogens is 455 g/mol. The van der Waals surface area contributed by atoms with Gasteiger partial charge in [-0.2, -0.15) is 18.3 Å². The highest BCUT2D eigenvalue weighted by Crippen LogP contribution is 2.36. The molecule has 1 saturated carbocycles. The Kier molecular flexibility index (Phi) is 7.11. The molecule has 1 fully saturated rings. The van der Waals surface area contributed by atoms with Crippen LogP contribution in [-0.2, 0) is 40.0 Å². The minimum absolute atomic E-state index is 0.0438. The number of esters is 1. The number of fused-ring (bicyclic) bond motifs is 1. The van der Waals surface area contributed by atoms with E-state index in [-0.39, 0.29) is 55.3 Å². The lowest BCUT2D eigenvalue weighted by Crippen LogP contribution is -2.38. The van der Waals surface area contributed by atoms with Crippen LogP contribution in [0, 0.1) is 11.8 Å². The van der Waals surface area contributed by atoms with Crippen LogP contribution in [0.15, 0.2) is 17.5 Å². The third-order valence-electron chi connectivity index (χ3n) is 6.58. The van der Waals surface area contributed by atoms with Gasteiger partial charge in [0.15, 0.2) is 5.69 Å². The maximum Gasteiger partial charge on any atom is 0.435 e. The SMILES string of the molecule is CCOC(=O)[C@H]1CC[C@H](CC(=O)N2CCc3c(C(F)(F)F)nn(Cc4cccs4)c3C2)CC1. The second-order valence-corrected chi connectivity index (χ2v) is 9.78. The van der Waals surface area contributed by atoms with Crippen LogP contribution in [0.2, 0.25) is 0 Å². The molecule has 2 aliphatic rings. The van der Waals surface area contributed by atoms with Gasteiger partial charge in [0, 0.05) is 23.4 Å². The highest BCUT2D eigenvalue weighted by Gasteiger charge is 2.41. The third-order valence-corrected chi connectivity index (χ3v) is 7.44. The summed E-state index contributed by atoms with van der Waals surface area (Å²) >= 11 is 1.47. The summed E-state index contributed by atoms with van der Waals surface area (Å²) < 4.78 is 47.3. The molecule has 1 amide bonds. The first-order valence-corrected chi connectivity index (χ1v) is 12.3. The van der Waals surface area contributed by atoms with E-state index in [9.17, 15) is 22.8 Å². The lowest BCUT2D eigenvalue weighted by molar-refractivity contribution is -0.149. The number of thiophene rings is 1. The van der Waals surface area contributed by atoms with Gasteiger partial charge in [-0.3, -0.25) is 14.3 Å². The second-order valence-electron chi connectivity index (χ2n) is 8.75. The Bertz CT molecular complexity index is 979. The summed E-state index contributed by atoms with van der Waals surface area (Å²) in [6.45, 7) is 2.82. The first-order chi connectivity index (χ1) is 15.8. The van der Waals surface area contributed by atoms with E-state index in [2.05, 4.69) is 5.10 Å².